The summed E-state index contributed by atoms with van der Waals surface area (Å²) >= 11 is 3.14. The van der Waals surface area contributed by atoms with Gasteiger partial charge in [0.05, 0.1) is 0 Å². The zero-order valence-corrected chi connectivity index (χ0v) is 6.18. The summed E-state index contributed by atoms with van der Waals surface area (Å²) in [6, 6.07) is 0. The number of halogens is 1. The van der Waals surface area contributed by atoms with Gasteiger partial charge in [0.25, 0.3) is 5.91 Å². The minimum atomic E-state index is -0.274. The van der Waals surface area contributed by atoms with Gasteiger partial charge in [-0.2, -0.15) is 0 Å². The highest BCUT2D eigenvalue weighted by Gasteiger charge is 2.09. The van der Waals surface area contributed by atoms with Crippen LogP contribution in [-0.2, 0) is 4.79 Å². The van der Waals surface area contributed by atoms with Crippen LogP contribution in [0.1, 0.15) is 0 Å². The smallest absolute Gasteiger partial charge is 0.267 e. The minimum absolute atomic E-state index is 0.274. The number of nitrogens with zero attached hydrogens (tertiary/aromatic N) is 1. The van der Waals surface area contributed by atoms with Crippen molar-refractivity contribution in [1.82, 2.24) is 0 Å². The number of rotatable bonds is 0. The van der Waals surface area contributed by atoms with E-state index in [0.29, 0.717) is 10.1 Å². The van der Waals surface area contributed by atoms with Gasteiger partial charge in [-0.15, -0.1) is 0 Å². The van der Waals surface area contributed by atoms with Crippen LogP contribution in [0.3, 0.4) is 0 Å². The molecule has 2 nitrogen and oxygen atoms in total. The van der Waals surface area contributed by atoms with Crippen LogP contribution in [0.15, 0.2) is 27.7 Å². The van der Waals surface area contributed by atoms with Gasteiger partial charge in [0.15, 0.2) is 0 Å². The van der Waals surface area contributed by atoms with Crippen molar-refractivity contribution in [2.24, 2.45) is 4.99 Å². The Hall–Kier alpha value is -0.700. The lowest BCUT2D eigenvalue weighted by atomic mass is 10.2. The van der Waals surface area contributed by atoms with E-state index in [1.165, 1.54) is 6.21 Å². The third kappa shape index (κ3) is 1.16. The molecule has 0 saturated heterocycles. The van der Waals surface area contributed by atoms with Crippen LogP contribution in [0.5, 0.6) is 0 Å². The molecule has 3 heteroatoms. The van der Waals surface area contributed by atoms with Crippen LogP contribution >= 0.6 is 15.9 Å². The van der Waals surface area contributed by atoms with Crippen molar-refractivity contribution in [1.29, 1.82) is 0 Å². The second kappa shape index (κ2) is 2.27. The second-order valence-corrected chi connectivity index (χ2v) is 2.43. The van der Waals surface area contributed by atoms with Crippen molar-refractivity contribution < 1.29 is 4.79 Å². The molecule has 0 saturated carbocycles. The van der Waals surface area contributed by atoms with E-state index < -0.39 is 0 Å². The van der Waals surface area contributed by atoms with Gasteiger partial charge in [0.2, 0.25) is 0 Å². The Morgan fingerprint density at radius 2 is 2.33 bits per heavy atom. The summed E-state index contributed by atoms with van der Waals surface area (Å²) in [6.45, 7) is 3.50. The maximum absolute atomic E-state index is 10.6. The molecular weight excluding hydrogens is 182 g/mol. The molecular formula is C6H4BrNO. The van der Waals surface area contributed by atoms with E-state index in [-0.39, 0.29) is 5.91 Å². The zero-order chi connectivity index (χ0) is 6.85. The predicted octanol–water partition coefficient (Wildman–Crippen LogP) is 1.43. The fraction of sp³-hybridized carbons (Fsp3) is 0. The molecule has 0 N–H and O–H groups in total. The van der Waals surface area contributed by atoms with Crippen LogP contribution in [-0.4, -0.2) is 12.1 Å². The first kappa shape index (κ1) is 6.42. The van der Waals surface area contributed by atoms with E-state index in [1.54, 1.807) is 6.08 Å². The van der Waals surface area contributed by atoms with Gasteiger partial charge in [-0.05, 0) is 22.0 Å². The molecule has 0 bridgehead atoms. The zero-order valence-electron chi connectivity index (χ0n) is 4.60. The Morgan fingerprint density at radius 1 is 1.67 bits per heavy atom. The first-order valence-corrected chi connectivity index (χ1v) is 3.14. The summed E-state index contributed by atoms with van der Waals surface area (Å²) in [5.74, 6) is -0.274. The van der Waals surface area contributed by atoms with Crippen molar-refractivity contribution in [3.63, 3.8) is 0 Å². The van der Waals surface area contributed by atoms with Crippen molar-refractivity contribution in [3.8, 4) is 0 Å². The summed E-state index contributed by atoms with van der Waals surface area (Å²) in [5, 5.41) is 0. The summed E-state index contributed by atoms with van der Waals surface area (Å²) < 4.78 is 0.711. The van der Waals surface area contributed by atoms with E-state index in [1.807, 2.05) is 0 Å². The van der Waals surface area contributed by atoms with E-state index in [0.717, 1.165) is 0 Å². The lowest BCUT2D eigenvalue weighted by Crippen LogP contribution is -2.01. The molecule has 0 atom stereocenters. The number of aliphatic imine (C=N–C) groups is 1. The molecule has 9 heavy (non-hydrogen) atoms. The van der Waals surface area contributed by atoms with Crippen molar-refractivity contribution in [3.05, 3.63) is 22.7 Å². The number of amides is 1. The molecule has 0 aromatic carbocycles. The Morgan fingerprint density at radius 3 is 2.78 bits per heavy atom. The summed E-state index contributed by atoms with van der Waals surface area (Å²) in [5.41, 5.74) is 0.414. The topological polar surface area (TPSA) is 29.4 Å². The van der Waals surface area contributed by atoms with Crippen molar-refractivity contribution in [2.45, 2.75) is 0 Å². The van der Waals surface area contributed by atoms with Gasteiger partial charge in [0.1, 0.15) is 0 Å². The van der Waals surface area contributed by atoms with E-state index in [4.69, 9.17) is 0 Å². The molecule has 0 fully saturated rings. The molecule has 46 valence electrons. The highest BCUT2D eigenvalue weighted by molar-refractivity contribution is 9.12. The molecule has 0 aromatic heterocycles. The Kier molecular flexibility index (Phi) is 1.62. The molecule has 1 aliphatic rings. The van der Waals surface area contributed by atoms with Gasteiger partial charge in [0, 0.05) is 16.3 Å². The van der Waals surface area contributed by atoms with Crippen LogP contribution < -0.4 is 0 Å². The average molecular weight is 186 g/mol. The monoisotopic (exact) mass is 185 g/mol. The van der Waals surface area contributed by atoms with E-state index >= 15 is 0 Å². The Bertz CT molecular complexity index is 227. The van der Waals surface area contributed by atoms with Gasteiger partial charge in [-0.3, -0.25) is 4.79 Å². The molecule has 0 spiro atoms. The summed E-state index contributed by atoms with van der Waals surface area (Å²) in [4.78, 5) is 14.1. The number of carbonyl (C=O) groups is 1. The second-order valence-electron chi connectivity index (χ2n) is 1.58. The van der Waals surface area contributed by atoms with Crippen molar-refractivity contribution in [2.75, 3.05) is 0 Å². The standard InChI is InChI=1S/C6H4BrNO/c1-4-5(7)2-3-8-6(4)9/h2-3H,1H2. The third-order valence-electron chi connectivity index (χ3n) is 0.959. The number of dihydropyridines is 1. The summed E-state index contributed by atoms with van der Waals surface area (Å²) in [7, 11) is 0. The van der Waals surface area contributed by atoms with Crippen LogP contribution in [0.25, 0.3) is 0 Å². The lowest BCUT2D eigenvalue weighted by Gasteiger charge is -2.00. The average Bonchev–Trinajstić information content (AvgIpc) is 1.83. The molecule has 0 unspecified atom stereocenters. The number of carbonyl (C=O) groups excluding carboxylic acids is 1. The molecule has 1 rings (SSSR count). The van der Waals surface area contributed by atoms with Crippen LogP contribution in [0.4, 0.5) is 0 Å². The first-order chi connectivity index (χ1) is 4.22. The molecule has 1 heterocycles. The number of allylic oxidation sites excluding steroid dienone is 1. The van der Waals surface area contributed by atoms with Gasteiger partial charge in [-0.25, -0.2) is 4.99 Å². The third-order valence-corrected chi connectivity index (χ3v) is 1.70. The molecule has 1 amide bonds. The molecule has 0 aliphatic carbocycles. The van der Waals surface area contributed by atoms with Gasteiger partial charge >= 0.3 is 0 Å². The van der Waals surface area contributed by atoms with E-state index in [9.17, 15) is 4.79 Å². The van der Waals surface area contributed by atoms with Gasteiger partial charge < -0.3 is 0 Å². The van der Waals surface area contributed by atoms with Gasteiger partial charge in [-0.1, -0.05) is 6.58 Å². The van der Waals surface area contributed by atoms with Crippen LogP contribution in [0.2, 0.25) is 0 Å². The molecule has 0 radical (unpaired) electrons. The highest BCUT2D eigenvalue weighted by atomic mass is 79.9. The van der Waals surface area contributed by atoms with Crippen LogP contribution in [0, 0.1) is 0 Å². The quantitative estimate of drug-likeness (QED) is 0.526. The fourth-order valence-electron chi connectivity index (χ4n) is 0.451. The van der Waals surface area contributed by atoms with E-state index in [2.05, 4.69) is 27.5 Å². The minimum Gasteiger partial charge on any atom is -0.267 e. The Labute approximate surface area is 61.1 Å². The normalized spacial score (nSPS) is 18.1. The lowest BCUT2D eigenvalue weighted by molar-refractivity contribution is -0.114. The predicted molar refractivity (Wildman–Crippen MR) is 39.6 cm³/mol. The van der Waals surface area contributed by atoms with Crippen molar-refractivity contribution >= 4 is 28.1 Å². The highest BCUT2D eigenvalue weighted by Crippen LogP contribution is 2.17. The SMILES string of the molecule is C=C1C(=O)N=CC=C1Br. The fourth-order valence-corrected chi connectivity index (χ4v) is 0.739. The number of hydrogen-bond acceptors (Lipinski definition) is 1. The molecule has 0 aromatic rings. The largest absolute Gasteiger partial charge is 0.277 e. The summed E-state index contributed by atoms with van der Waals surface area (Å²) in [6.07, 6.45) is 3.13. The Balaban J connectivity index is 3.00. The maximum Gasteiger partial charge on any atom is 0.277 e. The number of hydrogen-bond donors (Lipinski definition) is 0. The molecule has 1 aliphatic heterocycles. The first-order valence-electron chi connectivity index (χ1n) is 2.35. The maximum atomic E-state index is 10.6.